The van der Waals surface area contributed by atoms with Gasteiger partial charge in [-0.3, -0.25) is 9.59 Å². The van der Waals surface area contributed by atoms with Crippen molar-refractivity contribution >= 4 is 17.5 Å². The topological polar surface area (TPSA) is 70.7 Å². The highest BCUT2D eigenvalue weighted by Gasteiger charge is 2.29. The van der Waals surface area contributed by atoms with Crippen LogP contribution in [-0.2, 0) is 11.2 Å². The first-order chi connectivity index (χ1) is 13.1. The van der Waals surface area contributed by atoms with Crippen LogP contribution in [0, 0.1) is 0 Å². The molecule has 6 heteroatoms. The Bertz CT molecular complexity index is 842. The van der Waals surface area contributed by atoms with Crippen LogP contribution in [0.2, 0.25) is 0 Å². The third kappa shape index (κ3) is 3.66. The summed E-state index contributed by atoms with van der Waals surface area (Å²) in [5, 5.41) is 6.16. The Kier molecular flexibility index (Phi) is 4.81. The molecular weight excluding hydrogens is 342 g/mol. The van der Waals surface area contributed by atoms with Crippen molar-refractivity contribution in [1.29, 1.82) is 0 Å². The van der Waals surface area contributed by atoms with Gasteiger partial charge in [0.2, 0.25) is 0 Å². The number of carbonyl (C=O) groups excluding carboxylic acids is 2. The Morgan fingerprint density at radius 3 is 2.85 bits per heavy atom. The van der Waals surface area contributed by atoms with Crippen LogP contribution in [0.15, 0.2) is 48.5 Å². The summed E-state index contributed by atoms with van der Waals surface area (Å²) in [5.41, 5.74) is 2.22. The van der Waals surface area contributed by atoms with Gasteiger partial charge in [0.15, 0.2) is 6.10 Å². The van der Waals surface area contributed by atoms with Crippen molar-refractivity contribution in [2.24, 2.45) is 0 Å². The number of hydrogen-bond donors (Lipinski definition) is 2. The summed E-state index contributed by atoms with van der Waals surface area (Å²) in [4.78, 5) is 27.3. The fourth-order valence-electron chi connectivity index (χ4n) is 3.59. The van der Waals surface area contributed by atoms with Gasteiger partial charge in [0.25, 0.3) is 11.8 Å². The normalized spacial score (nSPS) is 21.3. The number of nitrogens with one attached hydrogen (secondary N) is 2. The van der Waals surface area contributed by atoms with Crippen LogP contribution in [0.5, 0.6) is 5.75 Å². The van der Waals surface area contributed by atoms with Crippen LogP contribution in [0.4, 0.5) is 5.69 Å². The largest absolute Gasteiger partial charge is 0.480 e. The summed E-state index contributed by atoms with van der Waals surface area (Å²) in [6.07, 6.45) is 0.00814. The molecule has 1 saturated heterocycles. The maximum absolute atomic E-state index is 12.8. The van der Waals surface area contributed by atoms with Gasteiger partial charge in [-0.1, -0.05) is 24.3 Å². The molecule has 0 radical (unpaired) electrons. The van der Waals surface area contributed by atoms with E-state index in [1.165, 1.54) is 0 Å². The molecule has 0 aromatic heterocycles. The van der Waals surface area contributed by atoms with Crippen LogP contribution < -0.4 is 15.4 Å². The first kappa shape index (κ1) is 17.5. The number of fused-ring (bicyclic) bond motifs is 1. The molecular formula is C21H23N3O3. The molecule has 2 aliphatic heterocycles. The Morgan fingerprint density at radius 2 is 2.04 bits per heavy atom. The van der Waals surface area contributed by atoms with Crippen LogP contribution >= 0.6 is 0 Å². The number of carbonyl (C=O) groups is 2. The number of rotatable bonds is 3. The fourth-order valence-corrected chi connectivity index (χ4v) is 3.59. The summed E-state index contributed by atoms with van der Waals surface area (Å²) < 4.78 is 5.73. The molecule has 2 unspecified atom stereocenters. The number of amides is 2. The van der Waals surface area contributed by atoms with E-state index in [9.17, 15) is 9.59 Å². The predicted molar refractivity (Wildman–Crippen MR) is 103 cm³/mol. The molecule has 140 valence electrons. The fraction of sp³-hybridized carbons (Fsp3) is 0.333. The summed E-state index contributed by atoms with van der Waals surface area (Å²) in [7, 11) is 0. The van der Waals surface area contributed by atoms with Gasteiger partial charge in [-0.05, 0) is 36.8 Å². The maximum atomic E-state index is 12.8. The standard InChI is InChI=1S/C21H23N3O3/c1-14-13-22-9-10-24(14)21(26)16-6-4-7-17(11-16)23-20(25)19-12-15-5-2-3-8-18(15)27-19/h2-8,11,14,19,22H,9-10,12-13H2,1H3,(H,23,25). The third-order valence-electron chi connectivity index (χ3n) is 5.08. The van der Waals surface area contributed by atoms with Crippen molar-refractivity contribution < 1.29 is 14.3 Å². The molecule has 0 saturated carbocycles. The van der Waals surface area contributed by atoms with E-state index in [0.29, 0.717) is 24.2 Å². The lowest BCUT2D eigenvalue weighted by Gasteiger charge is -2.34. The minimum atomic E-state index is -0.546. The summed E-state index contributed by atoms with van der Waals surface area (Å²) >= 11 is 0. The van der Waals surface area contributed by atoms with E-state index in [0.717, 1.165) is 24.4 Å². The van der Waals surface area contributed by atoms with Crippen molar-refractivity contribution in [1.82, 2.24) is 10.2 Å². The molecule has 2 N–H and O–H groups in total. The van der Waals surface area contributed by atoms with Gasteiger partial charge in [0.05, 0.1) is 0 Å². The van der Waals surface area contributed by atoms with Crippen molar-refractivity contribution in [3.63, 3.8) is 0 Å². The summed E-state index contributed by atoms with van der Waals surface area (Å²) in [5.74, 6) is 0.547. The van der Waals surface area contributed by atoms with Crippen molar-refractivity contribution in [3.8, 4) is 5.75 Å². The number of benzene rings is 2. The lowest BCUT2D eigenvalue weighted by atomic mass is 10.1. The number of hydrogen-bond acceptors (Lipinski definition) is 4. The van der Waals surface area contributed by atoms with E-state index in [1.807, 2.05) is 36.1 Å². The minimum absolute atomic E-state index is 0.00961. The maximum Gasteiger partial charge on any atom is 0.265 e. The van der Waals surface area contributed by atoms with Gasteiger partial charge in [0.1, 0.15) is 5.75 Å². The average Bonchev–Trinajstić information content (AvgIpc) is 3.12. The summed E-state index contributed by atoms with van der Waals surface area (Å²) in [6.45, 7) is 4.31. The average molecular weight is 365 g/mol. The van der Waals surface area contributed by atoms with Gasteiger partial charge < -0.3 is 20.3 Å². The Labute approximate surface area is 158 Å². The smallest absolute Gasteiger partial charge is 0.265 e. The molecule has 2 atom stereocenters. The van der Waals surface area contributed by atoms with E-state index in [1.54, 1.807) is 24.3 Å². The zero-order valence-corrected chi connectivity index (χ0v) is 15.3. The number of anilines is 1. The van der Waals surface area contributed by atoms with Crippen LogP contribution in [0.25, 0.3) is 0 Å². The molecule has 0 bridgehead atoms. The molecule has 2 amide bonds. The molecule has 1 fully saturated rings. The quantitative estimate of drug-likeness (QED) is 0.874. The highest BCUT2D eigenvalue weighted by Crippen LogP contribution is 2.28. The van der Waals surface area contributed by atoms with Crippen molar-refractivity contribution in [3.05, 3.63) is 59.7 Å². The lowest BCUT2D eigenvalue weighted by molar-refractivity contribution is -0.122. The van der Waals surface area contributed by atoms with E-state index < -0.39 is 6.10 Å². The van der Waals surface area contributed by atoms with Crippen molar-refractivity contribution in [2.75, 3.05) is 25.0 Å². The number of piperazine rings is 1. The van der Waals surface area contributed by atoms with Gasteiger partial charge in [-0.2, -0.15) is 0 Å². The highest BCUT2D eigenvalue weighted by atomic mass is 16.5. The van der Waals surface area contributed by atoms with E-state index in [4.69, 9.17) is 4.74 Å². The highest BCUT2D eigenvalue weighted by molar-refractivity contribution is 5.98. The molecule has 2 aromatic carbocycles. The molecule has 0 aliphatic carbocycles. The Balaban J connectivity index is 1.44. The van der Waals surface area contributed by atoms with Crippen LogP contribution in [0.3, 0.4) is 0 Å². The Morgan fingerprint density at radius 1 is 1.19 bits per heavy atom. The zero-order chi connectivity index (χ0) is 18.8. The SMILES string of the molecule is CC1CNCCN1C(=O)c1cccc(NC(=O)C2Cc3ccccc3O2)c1. The molecule has 6 nitrogen and oxygen atoms in total. The number of para-hydroxylation sites is 1. The van der Waals surface area contributed by atoms with E-state index >= 15 is 0 Å². The van der Waals surface area contributed by atoms with Gasteiger partial charge in [-0.15, -0.1) is 0 Å². The minimum Gasteiger partial charge on any atom is -0.480 e. The van der Waals surface area contributed by atoms with E-state index in [2.05, 4.69) is 10.6 Å². The van der Waals surface area contributed by atoms with Gasteiger partial charge >= 0.3 is 0 Å². The number of ether oxygens (including phenoxy) is 1. The van der Waals surface area contributed by atoms with Crippen molar-refractivity contribution in [2.45, 2.75) is 25.5 Å². The first-order valence-electron chi connectivity index (χ1n) is 9.29. The van der Waals surface area contributed by atoms with Gasteiger partial charge in [0, 0.05) is 43.3 Å². The molecule has 0 spiro atoms. The lowest BCUT2D eigenvalue weighted by Crippen LogP contribution is -2.52. The van der Waals surface area contributed by atoms with E-state index in [-0.39, 0.29) is 17.9 Å². The van der Waals surface area contributed by atoms with Crippen LogP contribution in [-0.4, -0.2) is 48.5 Å². The second kappa shape index (κ2) is 7.40. The molecule has 2 aliphatic rings. The molecule has 2 aromatic rings. The van der Waals surface area contributed by atoms with Gasteiger partial charge in [-0.25, -0.2) is 0 Å². The third-order valence-corrected chi connectivity index (χ3v) is 5.08. The molecule has 27 heavy (non-hydrogen) atoms. The zero-order valence-electron chi connectivity index (χ0n) is 15.3. The second-order valence-electron chi connectivity index (χ2n) is 7.04. The number of nitrogens with zero attached hydrogens (tertiary/aromatic N) is 1. The summed E-state index contributed by atoms with van der Waals surface area (Å²) in [6, 6.07) is 14.9. The predicted octanol–water partition coefficient (Wildman–Crippen LogP) is 2.06. The monoisotopic (exact) mass is 365 g/mol. The Hall–Kier alpha value is -2.86. The van der Waals surface area contributed by atoms with Crippen LogP contribution in [0.1, 0.15) is 22.8 Å². The second-order valence-corrected chi connectivity index (χ2v) is 7.04. The first-order valence-corrected chi connectivity index (χ1v) is 9.29. The molecule has 2 heterocycles. The molecule has 4 rings (SSSR count).